The van der Waals surface area contributed by atoms with Crippen LogP contribution in [0, 0.1) is 0 Å². The Morgan fingerprint density at radius 2 is 1.69 bits per heavy atom. The van der Waals surface area contributed by atoms with Gasteiger partial charge in [-0.25, -0.2) is 0 Å². The second-order valence-electron chi connectivity index (χ2n) is 8.02. The third-order valence-corrected chi connectivity index (χ3v) is 5.07. The van der Waals surface area contributed by atoms with Crippen molar-refractivity contribution in [1.82, 2.24) is 0 Å². The second kappa shape index (κ2) is 9.82. The molecule has 0 saturated heterocycles. The predicted molar refractivity (Wildman–Crippen MR) is 108 cm³/mol. The van der Waals surface area contributed by atoms with Crippen LogP contribution in [0.1, 0.15) is 80.1 Å². The van der Waals surface area contributed by atoms with Gasteiger partial charge in [0.25, 0.3) is 0 Å². The SMILES string of the molecule is CC(C)=CCC/C(C)=C/CCC(C)(O)CCC1=CC(=O)C(C)=C(C)C1=O. The molecule has 1 unspecified atom stereocenters. The maximum Gasteiger partial charge on any atom is 0.185 e. The minimum absolute atomic E-state index is 0.0621. The van der Waals surface area contributed by atoms with Crippen LogP contribution in [0.2, 0.25) is 0 Å². The van der Waals surface area contributed by atoms with Gasteiger partial charge in [-0.15, -0.1) is 0 Å². The van der Waals surface area contributed by atoms with Crippen LogP contribution in [-0.4, -0.2) is 22.3 Å². The summed E-state index contributed by atoms with van der Waals surface area (Å²) in [4.78, 5) is 24.2. The molecule has 1 aliphatic rings. The first-order valence-electron chi connectivity index (χ1n) is 9.52. The number of allylic oxidation sites excluding steroid dienone is 8. The van der Waals surface area contributed by atoms with Gasteiger partial charge in [-0.2, -0.15) is 0 Å². The number of carbonyl (C=O) groups excluding carboxylic acids is 2. The average molecular weight is 359 g/mol. The lowest BCUT2D eigenvalue weighted by molar-refractivity contribution is -0.116. The Bertz CT molecular complexity index is 666. The Morgan fingerprint density at radius 3 is 2.31 bits per heavy atom. The highest BCUT2D eigenvalue weighted by Gasteiger charge is 2.26. The lowest BCUT2D eigenvalue weighted by Crippen LogP contribution is -2.25. The van der Waals surface area contributed by atoms with E-state index in [2.05, 4.69) is 32.9 Å². The van der Waals surface area contributed by atoms with Gasteiger partial charge in [-0.3, -0.25) is 9.59 Å². The molecule has 0 amide bonds. The zero-order valence-electron chi connectivity index (χ0n) is 17.2. The van der Waals surface area contributed by atoms with E-state index in [0.29, 0.717) is 36.0 Å². The largest absolute Gasteiger partial charge is 0.390 e. The van der Waals surface area contributed by atoms with Gasteiger partial charge in [-0.1, -0.05) is 23.3 Å². The number of Topliss-reactive ketones (excluding diaryl/α,β-unsaturated/α-hetero) is 1. The van der Waals surface area contributed by atoms with Crippen molar-refractivity contribution in [3.05, 3.63) is 46.1 Å². The van der Waals surface area contributed by atoms with Gasteiger partial charge in [0.2, 0.25) is 0 Å². The van der Waals surface area contributed by atoms with Crippen LogP contribution in [0.5, 0.6) is 0 Å². The van der Waals surface area contributed by atoms with Crippen molar-refractivity contribution in [3.8, 4) is 0 Å². The Hall–Kier alpha value is -1.74. The van der Waals surface area contributed by atoms with Crippen LogP contribution >= 0.6 is 0 Å². The minimum atomic E-state index is -0.842. The molecular formula is C23H34O3. The van der Waals surface area contributed by atoms with Crippen molar-refractivity contribution < 1.29 is 14.7 Å². The van der Waals surface area contributed by atoms with E-state index in [1.807, 2.05) is 6.92 Å². The lowest BCUT2D eigenvalue weighted by Gasteiger charge is -2.24. The van der Waals surface area contributed by atoms with E-state index in [-0.39, 0.29) is 11.6 Å². The Morgan fingerprint density at radius 1 is 1.04 bits per heavy atom. The highest BCUT2D eigenvalue weighted by Crippen LogP contribution is 2.27. The molecule has 1 rings (SSSR count). The number of ketones is 2. The standard InChI is InChI=1S/C23H34O3/c1-16(2)9-7-10-17(3)11-8-13-23(6,26)14-12-20-15-21(24)18(4)19(5)22(20)25/h9,11,15,26H,7-8,10,12-14H2,1-6H3/b17-11+. The summed E-state index contributed by atoms with van der Waals surface area (Å²) in [6.45, 7) is 11.5. The van der Waals surface area contributed by atoms with Crippen LogP contribution in [0.15, 0.2) is 46.1 Å². The first-order chi connectivity index (χ1) is 12.0. The van der Waals surface area contributed by atoms with Crippen molar-refractivity contribution in [2.45, 2.75) is 85.7 Å². The predicted octanol–water partition coefficient (Wildman–Crippen LogP) is 5.41. The first-order valence-corrected chi connectivity index (χ1v) is 9.52. The molecule has 1 aliphatic carbocycles. The zero-order chi connectivity index (χ0) is 19.9. The molecule has 3 heteroatoms. The van der Waals surface area contributed by atoms with E-state index in [4.69, 9.17) is 0 Å². The van der Waals surface area contributed by atoms with E-state index in [1.54, 1.807) is 13.8 Å². The van der Waals surface area contributed by atoms with Crippen molar-refractivity contribution >= 4 is 11.6 Å². The van der Waals surface area contributed by atoms with E-state index >= 15 is 0 Å². The quantitative estimate of drug-likeness (QED) is 0.443. The van der Waals surface area contributed by atoms with E-state index in [1.165, 1.54) is 17.2 Å². The fraction of sp³-hybridized carbons (Fsp3) is 0.565. The van der Waals surface area contributed by atoms with Crippen molar-refractivity contribution in [2.75, 3.05) is 0 Å². The molecule has 0 heterocycles. The van der Waals surface area contributed by atoms with Gasteiger partial charge in [0.1, 0.15) is 0 Å². The fourth-order valence-corrected chi connectivity index (χ4v) is 2.96. The summed E-state index contributed by atoms with van der Waals surface area (Å²) >= 11 is 0. The van der Waals surface area contributed by atoms with Crippen LogP contribution in [-0.2, 0) is 9.59 Å². The Balaban J connectivity index is 2.50. The second-order valence-corrected chi connectivity index (χ2v) is 8.02. The molecule has 1 atom stereocenters. The highest BCUT2D eigenvalue weighted by molar-refractivity contribution is 6.22. The molecule has 0 aliphatic heterocycles. The molecule has 0 bridgehead atoms. The molecule has 0 aromatic heterocycles. The smallest absolute Gasteiger partial charge is 0.185 e. The van der Waals surface area contributed by atoms with Gasteiger partial charge in [0.05, 0.1) is 5.60 Å². The Kier molecular flexibility index (Phi) is 8.42. The number of rotatable bonds is 9. The van der Waals surface area contributed by atoms with Crippen LogP contribution in [0.3, 0.4) is 0 Å². The fourth-order valence-electron chi connectivity index (χ4n) is 2.96. The van der Waals surface area contributed by atoms with Crippen LogP contribution in [0.25, 0.3) is 0 Å². The van der Waals surface area contributed by atoms with Crippen LogP contribution < -0.4 is 0 Å². The number of hydrogen-bond donors (Lipinski definition) is 1. The number of hydrogen-bond acceptors (Lipinski definition) is 3. The molecule has 1 N–H and O–H groups in total. The third kappa shape index (κ3) is 7.25. The van der Waals surface area contributed by atoms with E-state index in [0.717, 1.165) is 19.3 Å². The summed E-state index contributed by atoms with van der Waals surface area (Å²) in [5.41, 5.74) is 3.41. The van der Waals surface area contributed by atoms with E-state index < -0.39 is 5.60 Å². The van der Waals surface area contributed by atoms with Crippen LogP contribution in [0.4, 0.5) is 0 Å². The third-order valence-electron chi connectivity index (χ3n) is 5.07. The van der Waals surface area contributed by atoms with Gasteiger partial charge >= 0.3 is 0 Å². The van der Waals surface area contributed by atoms with Crippen molar-refractivity contribution in [2.24, 2.45) is 0 Å². The summed E-state index contributed by atoms with van der Waals surface area (Å²) in [7, 11) is 0. The summed E-state index contributed by atoms with van der Waals surface area (Å²) in [6.07, 6.45) is 10.3. The lowest BCUT2D eigenvalue weighted by atomic mass is 9.85. The van der Waals surface area contributed by atoms with Crippen molar-refractivity contribution in [3.63, 3.8) is 0 Å². The summed E-state index contributed by atoms with van der Waals surface area (Å²) in [6, 6.07) is 0. The topological polar surface area (TPSA) is 54.4 Å². The molecule has 0 fully saturated rings. The van der Waals surface area contributed by atoms with Gasteiger partial charge in [0.15, 0.2) is 11.6 Å². The van der Waals surface area contributed by atoms with E-state index in [9.17, 15) is 14.7 Å². The molecule has 0 aromatic rings. The first kappa shape index (κ1) is 22.3. The summed E-state index contributed by atoms with van der Waals surface area (Å²) < 4.78 is 0. The molecule has 0 aromatic carbocycles. The van der Waals surface area contributed by atoms with Gasteiger partial charge < -0.3 is 5.11 Å². The zero-order valence-corrected chi connectivity index (χ0v) is 17.2. The monoisotopic (exact) mass is 358 g/mol. The maximum absolute atomic E-state index is 12.3. The molecule has 0 spiro atoms. The molecule has 26 heavy (non-hydrogen) atoms. The average Bonchev–Trinajstić information content (AvgIpc) is 2.54. The minimum Gasteiger partial charge on any atom is -0.390 e. The van der Waals surface area contributed by atoms with Crippen molar-refractivity contribution in [1.29, 1.82) is 0 Å². The molecular weight excluding hydrogens is 324 g/mol. The molecule has 0 radical (unpaired) electrons. The normalized spacial score (nSPS) is 18.0. The Labute approximate surface area is 158 Å². The van der Waals surface area contributed by atoms with Gasteiger partial charge in [-0.05, 0) is 86.1 Å². The molecule has 144 valence electrons. The highest BCUT2D eigenvalue weighted by atomic mass is 16.3. The summed E-state index contributed by atoms with van der Waals surface area (Å²) in [5, 5.41) is 10.6. The van der Waals surface area contributed by atoms with Gasteiger partial charge in [0, 0.05) is 16.7 Å². The molecule has 3 nitrogen and oxygen atoms in total. The maximum atomic E-state index is 12.3. The summed E-state index contributed by atoms with van der Waals surface area (Å²) in [5.74, 6) is -0.153. The number of aliphatic hydroxyl groups is 1. The molecule has 0 saturated carbocycles. The number of carbonyl (C=O) groups is 2.